The number of esters is 3. The number of aliphatic hydroxyl groups is 1. The maximum absolute atomic E-state index is 12.4. The van der Waals surface area contributed by atoms with Gasteiger partial charge in [-0.3, -0.25) is 19.2 Å². The standard InChI is InChI=1S/C31H46O8/c1-6-25(33)37-31(38-26(34)7-2,39-27(35)8-3)18-17-30(36)16-13-24-22-10-9-20-19-21(32)11-14-28(20,4)23(22)12-15-29(24,30)5/h19,22-24,36H,6-18H2,1-5H3/t22-,23-,24+,28+,29+,30?/m1/s1. The Morgan fingerprint density at radius 3 is 2.00 bits per heavy atom. The molecule has 3 saturated carbocycles. The van der Waals surface area contributed by atoms with E-state index < -0.39 is 29.5 Å². The summed E-state index contributed by atoms with van der Waals surface area (Å²) in [6.07, 6.45) is 8.76. The molecule has 1 unspecified atom stereocenters. The third kappa shape index (κ3) is 5.30. The normalized spacial score (nSPS) is 35.7. The van der Waals surface area contributed by atoms with E-state index in [4.69, 9.17) is 14.2 Å². The summed E-state index contributed by atoms with van der Waals surface area (Å²) in [6, 6.07) is 0. The molecule has 39 heavy (non-hydrogen) atoms. The molecule has 0 aromatic carbocycles. The summed E-state index contributed by atoms with van der Waals surface area (Å²) in [6.45, 7) is 9.34. The molecule has 4 rings (SSSR count). The lowest BCUT2D eigenvalue weighted by atomic mass is 9.46. The summed E-state index contributed by atoms with van der Waals surface area (Å²) in [5.74, 6) is -2.64. The minimum absolute atomic E-state index is 0.0169. The van der Waals surface area contributed by atoms with Gasteiger partial charge in [-0.1, -0.05) is 40.2 Å². The summed E-state index contributed by atoms with van der Waals surface area (Å²) >= 11 is 0. The SMILES string of the molecule is CCC(=O)OC(CCC1(O)CC[C@H]2[C@@H]3CCC4=CC(=O)CC[C@]4(C)[C@@H]3CC[C@@]21C)(OC(=O)CC)OC(=O)CC. The minimum atomic E-state index is -2.19. The molecule has 0 aliphatic heterocycles. The molecule has 8 nitrogen and oxygen atoms in total. The van der Waals surface area contributed by atoms with Crippen molar-refractivity contribution in [2.75, 3.05) is 0 Å². The van der Waals surface area contributed by atoms with Gasteiger partial charge in [0.15, 0.2) is 5.78 Å². The molecule has 0 heterocycles. The third-order valence-electron chi connectivity index (χ3n) is 10.8. The Morgan fingerprint density at radius 2 is 1.44 bits per heavy atom. The van der Waals surface area contributed by atoms with Crippen molar-refractivity contribution < 1.29 is 38.5 Å². The lowest BCUT2D eigenvalue weighted by molar-refractivity contribution is -0.336. The minimum Gasteiger partial charge on any atom is -0.389 e. The number of ketones is 1. The Labute approximate surface area is 232 Å². The maximum atomic E-state index is 12.4. The second kappa shape index (κ2) is 11.0. The van der Waals surface area contributed by atoms with Gasteiger partial charge in [0.2, 0.25) is 0 Å². The van der Waals surface area contributed by atoms with E-state index in [1.807, 2.05) is 6.08 Å². The smallest absolute Gasteiger partial charge is 0.389 e. The summed E-state index contributed by atoms with van der Waals surface area (Å²) in [5.41, 5.74) is -0.107. The van der Waals surface area contributed by atoms with Gasteiger partial charge >= 0.3 is 23.9 Å². The second-order valence-corrected chi connectivity index (χ2v) is 12.7. The topological polar surface area (TPSA) is 116 Å². The van der Waals surface area contributed by atoms with E-state index in [0.29, 0.717) is 30.6 Å². The Hall–Kier alpha value is -2.22. The highest BCUT2D eigenvalue weighted by Gasteiger charge is 2.64. The van der Waals surface area contributed by atoms with Crippen molar-refractivity contribution in [3.63, 3.8) is 0 Å². The van der Waals surface area contributed by atoms with Crippen LogP contribution in [0.5, 0.6) is 0 Å². The highest BCUT2D eigenvalue weighted by molar-refractivity contribution is 5.91. The zero-order valence-electron chi connectivity index (χ0n) is 24.3. The first-order valence-corrected chi connectivity index (χ1v) is 15.0. The molecule has 0 amide bonds. The fourth-order valence-corrected chi connectivity index (χ4v) is 8.39. The van der Waals surface area contributed by atoms with E-state index in [2.05, 4.69) is 13.8 Å². The molecule has 0 aromatic rings. The molecule has 3 fully saturated rings. The quantitative estimate of drug-likeness (QED) is 0.296. The van der Waals surface area contributed by atoms with Crippen LogP contribution in [0.25, 0.3) is 0 Å². The predicted molar refractivity (Wildman–Crippen MR) is 143 cm³/mol. The van der Waals surface area contributed by atoms with Gasteiger partial charge in [-0.15, -0.1) is 0 Å². The zero-order valence-corrected chi connectivity index (χ0v) is 24.3. The van der Waals surface area contributed by atoms with Crippen LogP contribution < -0.4 is 0 Å². The van der Waals surface area contributed by atoms with E-state index in [0.717, 1.165) is 38.5 Å². The molecular weight excluding hydrogens is 500 g/mol. The molecule has 0 aromatic heterocycles. The molecule has 6 atom stereocenters. The van der Waals surface area contributed by atoms with Crippen molar-refractivity contribution in [3.8, 4) is 0 Å². The Bertz CT molecular complexity index is 986. The van der Waals surface area contributed by atoms with Crippen LogP contribution in [0.15, 0.2) is 11.6 Å². The Balaban J connectivity index is 1.58. The fourth-order valence-electron chi connectivity index (χ4n) is 8.39. The van der Waals surface area contributed by atoms with Crippen LogP contribution in [0.2, 0.25) is 0 Å². The van der Waals surface area contributed by atoms with E-state index in [9.17, 15) is 24.3 Å². The Morgan fingerprint density at radius 1 is 0.872 bits per heavy atom. The average Bonchev–Trinajstić information content (AvgIpc) is 3.18. The monoisotopic (exact) mass is 546 g/mol. The van der Waals surface area contributed by atoms with Gasteiger partial charge in [-0.25, -0.2) is 0 Å². The first-order valence-electron chi connectivity index (χ1n) is 15.0. The number of rotatable bonds is 9. The van der Waals surface area contributed by atoms with Gasteiger partial charge in [0.1, 0.15) is 0 Å². The molecular formula is C31H46O8. The molecule has 0 bridgehead atoms. The van der Waals surface area contributed by atoms with Crippen LogP contribution in [-0.4, -0.2) is 40.4 Å². The number of carbonyl (C=O) groups is 4. The van der Waals surface area contributed by atoms with Gasteiger partial charge in [0.05, 0.1) is 12.0 Å². The number of hydrogen-bond acceptors (Lipinski definition) is 8. The molecule has 4 aliphatic rings. The van der Waals surface area contributed by atoms with Gasteiger partial charge < -0.3 is 19.3 Å². The Kier molecular flexibility index (Phi) is 8.38. The summed E-state index contributed by atoms with van der Waals surface area (Å²) in [7, 11) is 0. The molecule has 8 heteroatoms. The highest BCUT2D eigenvalue weighted by Crippen LogP contribution is 2.68. The van der Waals surface area contributed by atoms with E-state index in [1.165, 1.54) is 5.57 Å². The first-order chi connectivity index (χ1) is 18.3. The first kappa shape index (κ1) is 29.8. The molecule has 0 radical (unpaired) electrons. The second-order valence-electron chi connectivity index (χ2n) is 12.7. The van der Waals surface area contributed by atoms with E-state index in [-0.39, 0.29) is 48.7 Å². The number of carbonyl (C=O) groups excluding carboxylic acids is 4. The van der Waals surface area contributed by atoms with Crippen molar-refractivity contribution in [2.24, 2.45) is 28.6 Å². The molecule has 0 spiro atoms. The summed E-state index contributed by atoms with van der Waals surface area (Å²) in [4.78, 5) is 49.2. The van der Waals surface area contributed by atoms with Crippen LogP contribution in [-0.2, 0) is 33.4 Å². The van der Waals surface area contributed by atoms with E-state index in [1.54, 1.807) is 20.8 Å². The van der Waals surface area contributed by atoms with Gasteiger partial charge in [0, 0.05) is 25.7 Å². The third-order valence-corrected chi connectivity index (χ3v) is 10.8. The largest absolute Gasteiger partial charge is 0.423 e. The van der Waals surface area contributed by atoms with Crippen LogP contribution in [0, 0.1) is 28.6 Å². The van der Waals surface area contributed by atoms with Crippen LogP contribution in [0.4, 0.5) is 0 Å². The number of hydrogen-bond donors (Lipinski definition) is 1. The number of allylic oxidation sites excluding steroid dienone is 1. The van der Waals surface area contributed by atoms with Crippen molar-refractivity contribution in [1.29, 1.82) is 0 Å². The molecule has 1 N–H and O–H groups in total. The summed E-state index contributed by atoms with van der Waals surface area (Å²) in [5, 5.41) is 12.2. The number of ether oxygens (including phenoxy) is 3. The maximum Gasteiger partial charge on any atom is 0.423 e. The molecule has 0 saturated heterocycles. The van der Waals surface area contributed by atoms with Gasteiger partial charge in [-0.05, 0) is 86.0 Å². The van der Waals surface area contributed by atoms with Crippen LogP contribution >= 0.6 is 0 Å². The van der Waals surface area contributed by atoms with E-state index >= 15 is 0 Å². The van der Waals surface area contributed by atoms with Gasteiger partial charge in [0.25, 0.3) is 0 Å². The van der Waals surface area contributed by atoms with Crippen molar-refractivity contribution >= 4 is 23.7 Å². The van der Waals surface area contributed by atoms with Crippen LogP contribution in [0.3, 0.4) is 0 Å². The molecule has 218 valence electrons. The fraction of sp³-hybridized carbons (Fsp3) is 0.806. The lowest BCUT2D eigenvalue weighted by Gasteiger charge is -2.59. The molecule has 4 aliphatic carbocycles. The number of fused-ring (bicyclic) bond motifs is 5. The summed E-state index contributed by atoms with van der Waals surface area (Å²) < 4.78 is 16.5. The van der Waals surface area contributed by atoms with Crippen molar-refractivity contribution in [3.05, 3.63) is 11.6 Å². The lowest BCUT2D eigenvalue weighted by Crippen LogP contribution is -2.55. The zero-order chi connectivity index (χ0) is 28.6. The average molecular weight is 547 g/mol. The van der Waals surface area contributed by atoms with Crippen molar-refractivity contribution in [2.45, 2.75) is 130 Å². The van der Waals surface area contributed by atoms with Crippen molar-refractivity contribution in [1.82, 2.24) is 0 Å². The highest BCUT2D eigenvalue weighted by atomic mass is 16.9. The predicted octanol–water partition coefficient (Wildman–Crippen LogP) is 5.54. The van der Waals surface area contributed by atoms with Gasteiger partial charge in [-0.2, -0.15) is 0 Å². The van der Waals surface area contributed by atoms with Crippen LogP contribution in [0.1, 0.15) is 118 Å².